The molecule has 2 aromatic carbocycles. The SMILES string of the molecule is COc1ccc(SCC(=O)N(CC2CCCO2)c2nc3c(OC)ccc(C)c3s2)cc1. The number of aromatic nitrogens is 1. The van der Waals surface area contributed by atoms with Crippen LogP contribution in [0, 0.1) is 6.92 Å². The summed E-state index contributed by atoms with van der Waals surface area (Å²) in [7, 11) is 3.28. The molecule has 0 N–H and O–H groups in total. The molecule has 164 valence electrons. The fourth-order valence-corrected chi connectivity index (χ4v) is 5.40. The number of ether oxygens (including phenoxy) is 3. The number of carbonyl (C=O) groups excluding carboxylic acids is 1. The van der Waals surface area contributed by atoms with Crippen molar-refractivity contribution in [2.45, 2.75) is 30.8 Å². The molecule has 0 bridgehead atoms. The normalized spacial score (nSPS) is 15.9. The van der Waals surface area contributed by atoms with E-state index < -0.39 is 0 Å². The third-order valence-corrected chi connectivity index (χ3v) is 7.49. The van der Waals surface area contributed by atoms with Gasteiger partial charge < -0.3 is 14.2 Å². The molecule has 6 nitrogen and oxygen atoms in total. The van der Waals surface area contributed by atoms with E-state index in [-0.39, 0.29) is 12.0 Å². The van der Waals surface area contributed by atoms with E-state index in [1.807, 2.05) is 36.4 Å². The zero-order chi connectivity index (χ0) is 21.8. The summed E-state index contributed by atoms with van der Waals surface area (Å²) in [5.74, 6) is 1.87. The van der Waals surface area contributed by atoms with Gasteiger partial charge in [-0.05, 0) is 55.7 Å². The lowest BCUT2D eigenvalue weighted by Crippen LogP contribution is -2.38. The monoisotopic (exact) mass is 458 g/mol. The van der Waals surface area contributed by atoms with Crippen LogP contribution >= 0.6 is 23.1 Å². The second-order valence-electron chi connectivity index (χ2n) is 7.36. The number of methoxy groups -OCH3 is 2. The largest absolute Gasteiger partial charge is 0.497 e. The number of hydrogen-bond donors (Lipinski definition) is 0. The topological polar surface area (TPSA) is 60.9 Å². The van der Waals surface area contributed by atoms with Crippen molar-refractivity contribution >= 4 is 44.4 Å². The molecule has 0 radical (unpaired) electrons. The van der Waals surface area contributed by atoms with Crippen molar-refractivity contribution < 1.29 is 19.0 Å². The van der Waals surface area contributed by atoms with Gasteiger partial charge in [0.05, 0.1) is 37.3 Å². The van der Waals surface area contributed by atoms with E-state index in [0.29, 0.717) is 17.4 Å². The average Bonchev–Trinajstić information content (AvgIpc) is 3.47. The van der Waals surface area contributed by atoms with Crippen LogP contribution in [-0.4, -0.2) is 50.1 Å². The summed E-state index contributed by atoms with van der Waals surface area (Å²) < 4.78 is 17.6. The molecule has 1 atom stereocenters. The van der Waals surface area contributed by atoms with Crippen molar-refractivity contribution in [1.82, 2.24) is 4.98 Å². The minimum atomic E-state index is 0.0204. The van der Waals surface area contributed by atoms with Crippen LogP contribution in [0.15, 0.2) is 41.3 Å². The van der Waals surface area contributed by atoms with E-state index >= 15 is 0 Å². The number of aryl methyl sites for hydroxylation is 1. The second-order valence-corrected chi connectivity index (χ2v) is 9.39. The van der Waals surface area contributed by atoms with E-state index in [0.717, 1.165) is 51.6 Å². The van der Waals surface area contributed by atoms with Gasteiger partial charge in [-0.25, -0.2) is 4.98 Å². The van der Waals surface area contributed by atoms with Gasteiger partial charge in [-0.15, -0.1) is 11.8 Å². The number of thiazole rings is 1. The number of thioether (sulfide) groups is 1. The van der Waals surface area contributed by atoms with Crippen LogP contribution < -0.4 is 14.4 Å². The number of carbonyl (C=O) groups is 1. The van der Waals surface area contributed by atoms with Crippen LogP contribution in [0.1, 0.15) is 18.4 Å². The molecular formula is C23H26N2O4S2. The van der Waals surface area contributed by atoms with Gasteiger partial charge in [0.25, 0.3) is 0 Å². The molecule has 2 heterocycles. The smallest absolute Gasteiger partial charge is 0.239 e. The quantitative estimate of drug-likeness (QED) is 0.446. The van der Waals surface area contributed by atoms with E-state index in [2.05, 4.69) is 6.92 Å². The first kappa shape index (κ1) is 21.9. The van der Waals surface area contributed by atoms with Crippen molar-refractivity contribution in [3.8, 4) is 11.5 Å². The van der Waals surface area contributed by atoms with Gasteiger partial charge in [-0.3, -0.25) is 9.69 Å². The molecule has 1 fully saturated rings. The molecule has 0 aliphatic carbocycles. The Morgan fingerprint density at radius 3 is 2.71 bits per heavy atom. The van der Waals surface area contributed by atoms with Crippen molar-refractivity contribution in [2.75, 3.05) is 38.0 Å². The number of anilines is 1. The molecule has 0 saturated carbocycles. The zero-order valence-electron chi connectivity index (χ0n) is 17.9. The number of amides is 1. The van der Waals surface area contributed by atoms with Gasteiger partial charge in [0.15, 0.2) is 5.13 Å². The Labute approximate surface area is 190 Å². The second kappa shape index (κ2) is 9.89. The van der Waals surface area contributed by atoms with Gasteiger partial charge in [0.1, 0.15) is 17.0 Å². The van der Waals surface area contributed by atoms with Crippen LogP contribution in [0.25, 0.3) is 10.2 Å². The lowest BCUT2D eigenvalue weighted by molar-refractivity contribution is -0.116. The predicted octanol–water partition coefficient (Wildman–Crippen LogP) is 4.93. The molecule has 1 aromatic heterocycles. The zero-order valence-corrected chi connectivity index (χ0v) is 19.6. The van der Waals surface area contributed by atoms with Gasteiger partial charge in [-0.2, -0.15) is 0 Å². The maximum Gasteiger partial charge on any atom is 0.239 e. The first-order valence-corrected chi connectivity index (χ1v) is 12.0. The van der Waals surface area contributed by atoms with Crippen LogP contribution in [0.5, 0.6) is 11.5 Å². The van der Waals surface area contributed by atoms with Gasteiger partial charge in [0, 0.05) is 11.5 Å². The highest BCUT2D eigenvalue weighted by molar-refractivity contribution is 8.00. The third kappa shape index (κ3) is 4.97. The van der Waals surface area contributed by atoms with Gasteiger partial charge >= 0.3 is 0 Å². The first-order valence-electron chi connectivity index (χ1n) is 10.2. The Balaban J connectivity index is 1.58. The molecule has 0 spiro atoms. The summed E-state index contributed by atoms with van der Waals surface area (Å²) in [6, 6.07) is 11.7. The molecule has 3 aromatic rings. The number of benzene rings is 2. The Morgan fingerprint density at radius 2 is 2.03 bits per heavy atom. The van der Waals surface area contributed by atoms with Crippen molar-refractivity contribution in [2.24, 2.45) is 0 Å². The van der Waals surface area contributed by atoms with E-state index in [9.17, 15) is 4.79 Å². The molecule has 1 aliphatic heterocycles. The molecular weight excluding hydrogens is 432 g/mol. The summed E-state index contributed by atoms with van der Waals surface area (Å²) in [6.07, 6.45) is 2.04. The maximum atomic E-state index is 13.3. The standard InChI is InChI=1S/C23H26N2O4S2/c1-15-6-11-19(28-3)21-22(15)31-23(24-21)25(13-17-5-4-12-29-17)20(26)14-30-18-9-7-16(27-2)8-10-18/h6-11,17H,4-5,12-14H2,1-3H3. The Kier molecular flexibility index (Phi) is 6.99. The molecule has 1 saturated heterocycles. The van der Waals surface area contributed by atoms with Gasteiger partial charge in [-0.1, -0.05) is 17.4 Å². The van der Waals surface area contributed by atoms with E-state index in [1.165, 1.54) is 23.1 Å². The minimum absolute atomic E-state index is 0.0204. The predicted molar refractivity (Wildman–Crippen MR) is 126 cm³/mol. The van der Waals surface area contributed by atoms with Crippen LogP contribution in [-0.2, 0) is 9.53 Å². The lowest BCUT2D eigenvalue weighted by Gasteiger charge is -2.23. The molecule has 1 amide bonds. The number of hydrogen-bond acceptors (Lipinski definition) is 7. The van der Waals surface area contributed by atoms with Crippen molar-refractivity contribution in [3.63, 3.8) is 0 Å². The Bertz CT molecular complexity index is 1050. The molecule has 1 unspecified atom stereocenters. The number of fused-ring (bicyclic) bond motifs is 1. The number of nitrogens with zero attached hydrogens (tertiary/aromatic N) is 2. The first-order chi connectivity index (χ1) is 15.1. The van der Waals surface area contributed by atoms with Crippen LogP contribution in [0.4, 0.5) is 5.13 Å². The third-order valence-electron chi connectivity index (χ3n) is 5.28. The van der Waals surface area contributed by atoms with Crippen molar-refractivity contribution in [1.29, 1.82) is 0 Å². The summed E-state index contributed by atoms with van der Waals surface area (Å²) in [5.41, 5.74) is 1.92. The molecule has 1 aliphatic rings. The summed E-state index contributed by atoms with van der Waals surface area (Å²) in [4.78, 5) is 20.9. The number of rotatable bonds is 8. The highest BCUT2D eigenvalue weighted by atomic mass is 32.2. The molecule has 4 rings (SSSR count). The fourth-order valence-electron chi connectivity index (χ4n) is 3.55. The summed E-state index contributed by atoms with van der Waals surface area (Å²) >= 11 is 3.04. The van der Waals surface area contributed by atoms with E-state index in [4.69, 9.17) is 19.2 Å². The average molecular weight is 459 g/mol. The van der Waals surface area contributed by atoms with Crippen LogP contribution in [0.3, 0.4) is 0 Å². The van der Waals surface area contributed by atoms with Crippen molar-refractivity contribution in [3.05, 3.63) is 42.0 Å². The highest BCUT2D eigenvalue weighted by Gasteiger charge is 2.27. The minimum Gasteiger partial charge on any atom is -0.497 e. The van der Waals surface area contributed by atoms with E-state index in [1.54, 1.807) is 19.1 Å². The van der Waals surface area contributed by atoms with Gasteiger partial charge in [0.2, 0.25) is 5.91 Å². The fraction of sp³-hybridized carbons (Fsp3) is 0.391. The Morgan fingerprint density at radius 1 is 1.23 bits per heavy atom. The maximum absolute atomic E-state index is 13.3. The molecule has 31 heavy (non-hydrogen) atoms. The molecule has 8 heteroatoms. The summed E-state index contributed by atoms with van der Waals surface area (Å²) in [6.45, 7) is 3.32. The summed E-state index contributed by atoms with van der Waals surface area (Å²) in [5, 5.41) is 0.693. The lowest BCUT2D eigenvalue weighted by atomic mass is 10.2. The Hall–Kier alpha value is -2.29. The highest BCUT2D eigenvalue weighted by Crippen LogP contribution is 2.37. The van der Waals surface area contributed by atoms with Crippen LogP contribution in [0.2, 0.25) is 0 Å².